The smallest absolute Gasteiger partial charge is 0.265 e. The average molecular weight is 403 g/mol. The summed E-state index contributed by atoms with van der Waals surface area (Å²) in [5, 5.41) is 3.89. The minimum atomic E-state index is -0.160. The second kappa shape index (κ2) is 8.45. The summed E-state index contributed by atoms with van der Waals surface area (Å²) in [5.41, 5.74) is 0. The van der Waals surface area contributed by atoms with E-state index in [1.165, 1.54) is 24.2 Å². The molecule has 1 aliphatic heterocycles. The zero-order valence-corrected chi connectivity index (χ0v) is 16.9. The number of carbonyl (C=O) groups is 2. The number of nitrogens with zero attached hydrogens (tertiary/aromatic N) is 3. The second-order valence-electron chi connectivity index (χ2n) is 7.50. The predicted molar refractivity (Wildman–Crippen MR) is 107 cm³/mol. The largest absolute Gasteiger partial charge is 0.462 e. The number of hydrogen-bond acceptors (Lipinski definition) is 6. The molecular weight excluding hydrogens is 376 g/mol. The van der Waals surface area contributed by atoms with E-state index in [9.17, 15) is 9.59 Å². The summed E-state index contributed by atoms with van der Waals surface area (Å²) >= 11 is 1.35. The molecule has 0 radical (unpaired) electrons. The molecule has 1 N–H and O–H groups in total. The lowest BCUT2D eigenvalue weighted by atomic mass is 10.2. The number of thiazole rings is 1. The average Bonchev–Trinajstić information content (AvgIpc) is 3.48. The Hall–Kier alpha value is -2.19. The number of carbonyl (C=O) groups excluding carboxylic acids is 2. The molecular formula is C20H26N4O3S. The molecule has 1 unspecified atom stereocenters. The van der Waals surface area contributed by atoms with Crippen molar-refractivity contribution in [3.63, 3.8) is 0 Å². The van der Waals surface area contributed by atoms with Crippen LogP contribution in [0.3, 0.4) is 0 Å². The first-order valence-corrected chi connectivity index (χ1v) is 10.8. The van der Waals surface area contributed by atoms with Crippen LogP contribution in [0.2, 0.25) is 0 Å². The van der Waals surface area contributed by atoms with Gasteiger partial charge in [-0.15, -0.1) is 11.3 Å². The number of nitrogens with one attached hydrogen (secondary N) is 1. The zero-order valence-electron chi connectivity index (χ0n) is 16.1. The molecule has 1 saturated carbocycles. The molecule has 7 nitrogen and oxygen atoms in total. The monoisotopic (exact) mass is 402 g/mol. The second-order valence-corrected chi connectivity index (χ2v) is 8.53. The van der Waals surface area contributed by atoms with Crippen molar-refractivity contribution in [2.75, 3.05) is 26.2 Å². The van der Waals surface area contributed by atoms with Crippen LogP contribution in [0, 0.1) is 0 Å². The normalized spacial score (nSPS) is 19.7. The van der Waals surface area contributed by atoms with E-state index in [0.29, 0.717) is 47.9 Å². The summed E-state index contributed by atoms with van der Waals surface area (Å²) < 4.78 is 5.35. The summed E-state index contributed by atoms with van der Waals surface area (Å²) in [6.07, 6.45) is 7.82. The molecule has 1 atom stereocenters. The predicted octanol–water partition coefficient (Wildman–Crippen LogP) is 2.61. The van der Waals surface area contributed by atoms with E-state index < -0.39 is 0 Å². The fourth-order valence-corrected chi connectivity index (χ4v) is 4.77. The van der Waals surface area contributed by atoms with E-state index in [4.69, 9.17) is 4.42 Å². The van der Waals surface area contributed by atoms with E-state index >= 15 is 0 Å². The van der Waals surface area contributed by atoms with E-state index in [1.807, 2.05) is 24.0 Å². The van der Waals surface area contributed by atoms with Crippen LogP contribution in [-0.4, -0.2) is 64.9 Å². The van der Waals surface area contributed by atoms with E-state index in [2.05, 4.69) is 15.2 Å². The van der Waals surface area contributed by atoms with Crippen LogP contribution in [0.4, 0.5) is 0 Å². The molecule has 2 fully saturated rings. The Morgan fingerprint density at radius 2 is 2.00 bits per heavy atom. The standard InChI is InChI=1S/C20H26N4O3S/c1-14(18(25)22-15-5-2-3-6-15)23-8-10-24(11-9-23)20(26)17-13-21-19(28-17)16-7-4-12-27-16/h4,7,12-15H,2-3,5-6,8-11H2,1H3,(H,22,25). The Morgan fingerprint density at radius 1 is 1.25 bits per heavy atom. The maximum atomic E-state index is 12.8. The first kappa shape index (κ1) is 19.1. The molecule has 2 aromatic heterocycles. The van der Waals surface area contributed by atoms with Gasteiger partial charge in [-0.05, 0) is 31.9 Å². The van der Waals surface area contributed by atoms with Crippen molar-refractivity contribution in [3.05, 3.63) is 29.5 Å². The molecule has 2 aromatic rings. The maximum Gasteiger partial charge on any atom is 0.265 e. The lowest BCUT2D eigenvalue weighted by Gasteiger charge is -2.37. The minimum Gasteiger partial charge on any atom is -0.462 e. The fourth-order valence-electron chi connectivity index (χ4n) is 3.91. The highest BCUT2D eigenvalue weighted by atomic mass is 32.1. The summed E-state index contributed by atoms with van der Waals surface area (Å²) in [5.74, 6) is 0.784. The summed E-state index contributed by atoms with van der Waals surface area (Å²) in [6.45, 7) is 4.60. The number of hydrogen-bond donors (Lipinski definition) is 1. The highest BCUT2D eigenvalue weighted by Crippen LogP contribution is 2.26. The van der Waals surface area contributed by atoms with Gasteiger partial charge in [0.15, 0.2) is 10.8 Å². The summed E-state index contributed by atoms with van der Waals surface area (Å²) in [6, 6.07) is 3.82. The molecule has 1 saturated heterocycles. The lowest BCUT2D eigenvalue weighted by molar-refractivity contribution is -0.127. The molecule has 28 heavy (non-hydrogen) atoms. The Morgan fingerprint density at radius 3 is 2.68 bits per heavy atom. The first-order valence-electron chi connectivity index (χ1n) is 9.95. The van der Waals surface area contributed by atoms with Crippen molar-refractivity contribution in [1.82, 2.24) is 20.1 Å². The van der Waals surface area contributed by atoms with Gasteiger partial charge in [0.05, 0.1) is 18.5 Å². The third-order valence-corrected chi connectivity index (χ3v) is 6.68. The molecule has 2 aliphatic rings. The maximum absolute atomic E-state index is 12.8. The van der Waals surface area contributed by atoms with Gasteiger partial charge >= 0.3 is 0 Å². The van der Waals surface area contributed by atoms with Gasteiger partial charge < -0.3 is 14.6 Å². The van der Waals surface area contributed by atoms with Crippen LogP contribution < -0.4 is 5.32 Å². The van der Waals surface area contributed by atoms with Crippen molar-refractivity contribution < 1.29 is 14.0 Å². The molecule has 4 rings (SSSR count). The van der Waals surface area contributed by atoms with Gasteiger partial charge in [-0.3, -0.25) is 14.5 Å². The van der Waals surface area contributed by atoms with E-state index in [0.717, 1.165) is 12.8 Å². The van der Waals surface area contributed by atoms with E-state index in [1.54, 1.807) is 12.5 Å². The van der Waals surface area contributed by atoms with Crippen molar-refractivity contribution in [1.29, 1.82) is 0 Å². The van der Waals surface area contributed by atoms with Gasteiger partial charge in [0.25, 0.3) is 5.91 Å². The molecule has 150 valence electrons. The summed E-state index contributed by atoms with van der Waals surface area (Å²) in [4.78, 5) is 34.2. The van der Waals surface area contributed by atoms with Crippen molar-refractivity contribution >= 4 is 23.2 Å². The summed E-state index contributed by atoms with van der Waals surface area (Å²) in [7, 11) is 0. The van der Waals surface area contributed by atoms with Crippen molar-refractivity contribution in [2.24, 2.45) is 0 Å². The van der Waals surface area contributed by atoms with Crippen LogP contribution in [0.5, 0.6) is 0 Å². The van der Waals surface area contributed by atoms with Gasteiger partial charge in [0.1, 0.15) is 4.88 Å². The van der Waals surface area contributed by atoms with Crippen molar-refractivity contribution in [3.8, 4) is 10.8 Å². The van der Waals surface area contributed by atoms with Gasteiger partial charge in [-0.1, -0.05) is 12.8 Å². The third-order valence-electron chi connectivity index (χ3n) is 5.68. The van der Waals surface area contributed by atoms with Crippen molar-refractivity contribution in [2.45, 2.75) is 44.7 Å². The molecule has 1 aliphatic carbocycles. The molecule has 0 bridgehead atoms. The topological polar surface area (TPSA) is 78.7 Å². The van der Waals surface area contributed by atoms with Crippen LogP contribution in [0.1, 0.15) is 42.3 Å². The molecule has 8 heteroatoms. The van der Waals surface area contributed by atoms with Gasteiger partial charge in [0.2, 0.25) is 5.91 Å². The Balaban J connectivity index is 1.29. The van der Waals surface area contributed by atoms with Gasteiger partial charge in [0, 0.05) is 32.2 Å². The first-order chi connectivity index (χ1) is 13.6. The van der Waals surface area contributed by atoms with Crippen LogP contribution in [0.25, 0.3) is 10.8 Å². The molecule has 2 amide bonds. The van der Waals surface area contributed by atoms with Crippen LogP contribution >= 0.6 is 11.3 Å². The van der Waals surface area contributed by atoms with Gasteiger partial charge in [-0.2, -0.15) is 0 Å². The SMILES string of the molecule is CC(C(=O)NC1CCCC1)N1CCN(C(=O)c2cnc(-c3ccco3)s2)CC1. The fraction of sp³-hybridized carbons (Fsp3) is 0.550. The number of furan rings is 1. The van der Waals surface area contributed by atoms with Crippen LogP contribution in [-0.2, 0) is 4.79 Å². The quantitative estimate of drug-likeness (QED) is 0.832. The Labute approximate surface area is 168 Å². The highest BCUT2D eigenvalue weighted by Gasteiger charge is 2.30. The molecule has 0 aromatic carbocycles. The van der Waals surface area contributed by atoms with Gasteiger partial charge in [-0.25, -0.2) is 4.98 Å². The third kappa shape index (κ3) is 4.12. The molecule has 3 heterocycles. The Kier molecular flexibility index (Phi) is 5.77. The number of aromatic nitrogens is 1. The highest BCUT2D eigenvalue weighted by molar-refractivity contribution is 7.16. The Bertz CT molecular complexity index is 805. The number of rotatable bonds is 5. The van der Waals surface area contributed by atoms with Crippen LogP contribution in [0.15, 0.2) is 29.0 Å². The zero-order chi connectivity index (χ0) is 19.5. The lowest BCUT2D eigenvalue weighted by Crippen LogP contribution is -2.55. The van der Waals surface area contributed by atoms with E-state index in [-0.39, 0.29) is 17.9 Å². The minimum absolute atomic E-state index is 0.00184. The molecule has 0 spiro atoms. The number of piperazine rings is 1. The number of amides is 2.